The molecule has 16 heavy (non-hydrogen) atoms. The minimum atomic E-state index is -1.34. The van der Waals surface area contributed by atoms with Gasteiger partial charge in [0.15, 0.2) is 0 Å². The molecule has 0 radical (unpaired) electrons. The highest BCUT2D eigenvalue weighted by Crippen LogP contribution is 2.35. The summed E-state index contributed by atoms with van der Waals surface area (Å²) in [5.74, 6) is 1.25. The summed E-state index contributed by atoms with van der Waals surface area (Å²) in [4.78, 5) is 0. The number of benzene rings is 1. The molecule has 1 aliphatic rings. The summed E-state index contributed by atoms with van der Waals surface area (Å²) in [5, 5.41) is 18.7. The summed E-state index contributed by atoms with van der Waals surface area (Å²) in [7, 11) is -1.34. The van der Waals surface area contributed by atoms with E-state index >= 15 is 0 Å². The van der Waals surface area contributed by atoms with E-state index in [0.717, 1.165) is 11.5 Å². The van der Waals surface area contributed by atoms with Gasteiger partial charge in [0, 0.05) is 0 Å². The standard InChI is InChI=1S/C13H19BO2/c1-10-5-4-6-11(9-10)12-7-2-3-8-13(12)14(15)16/h2-3,7-8,10-11,15-16H,4-6,9H2,1H3/t10-,11-/m1/s1. The van der Waals surface area contributed by atoms with Gasteiger partial charge in [-0.3, -0.25) is 0 Å². The van der Waals surface area contributed by atoms with Crippen LogP contribution in [-0.4, -0.2) is 17.2 Å². The van der Waals surface area contributed by atoms with E-state index in [1.54, 1.807) is 0 Å². The first-order chi connectivity index (χ1) is 7.68. The lowest BCUT2D eigenvalue weighted by molar-refractivity contribution is 0.344. The van der Waals surface area contributed by atoms with E-state index in [1.165, 1.54) is 25.7 Å². The molecular weight excluding hydrogens is 199 g/mol. The summed E-state index contributed by atoms with van der Waals surface area (Å²) < 4.78 is 0. The van der Waals surface area contributed by atoms with Crippen molar-refractivity contribution in [1.82, 2.24) is 0 Å². The van der Waals surface area contributed by atoms with Crippen LogP contribution in [0.3, 0.4) is 0 Å². The van der Waals surface area contributed by atoms with Crippen molar-refractivity contribution < 1.29 is 10.0 Å². The molecule has 0 unspecified atom stereocenters. The van der Waals surface area contributed by atoms with Crippen LogP contribution in [0, 0.1) is 5.92 Å². The fraction of sp³-hybridized carbons (Fsp3) is 0.538. The zero-order chi connectivity index (χ0) is 11.5. The highest BCUT2D eigenvalue weighted by molar-refractivity contribution is 6.59. The van der Waals surface area contributed by atoms with Crippen LogP contribution in [0.4, 0.5) is 0 Å². The van der Waals surface area contributed by atoms with Crippen LogP contribution in [0.1, 0.15) is 44.1 Å². The molecule has 0 saturated heterocycles. The van der Waals surface area contributed by atoms with Gasteiger partial charge < -0.3 is 10.0 Å². The van der Waals surface area contributed by atoms with Crippen molar-refractivity contribution in [2.75, 3.05) is 0 Å². The molecule has 86 valence electrons. The zero-order valence-electron chi connectivity index (χ0n) is 9.76. The van der Waals surface area contributed by atoms with Gasteiger partial charge in [-0.25, -0.2) is 0 Å². The highest BCUT2D eigenvalue weighted by atomic mass is 16.4. The number of hydrogen-bond acceptors (Lipinski definition) is 2. The molecule has 3 heteroatoms. The van der Waals surface area contributed by atoms with Gasteiger partial charge in [-0.05, 0) is 35.7 Å². The molecule has 0 amide bonds. The van der Waals surface area contributed by atoms with Crippen molar-refractivity contribution >= 4 is 12.6 Å². The minimum Gasteiger partial charge on any atom is -0.423 e. The molecule has 1 fully saturated rings. The average Bonchev–Trinajstić information content (AvgIpc) is 2.29. The molecule has 2 atom stereocenters. The van der Waals surface area contributed by atoms with Crippen molar-refractivity contribution in [3.63, 3.8) is 0 Å². The molecular formula is C13H19BO2. The van der Waals surface area contributed by atoms with Crippen LogP contribution >= 0.6 is 0 Å². The normalized spacial score (nSPS) is 25.4. The van der Waals surface area contributed by atoms with Crippen LogP contribution in [-0.2, 0) is 0 Å². The second kappa shape index (κ2) is 5.02. The summed E-state index contributed by atoms with van der Waals surface area (Å²) in [6, 6.07) is 7.71. The second-order valence-electron chi connectivity index (χ2n) is 4.97. The first-order valence-electron chi connectivity index (χ1n) is 6.13. The molecule has 0 heterocycles. The van der Waals surface area contributed by atoms with Gasteiger partial charge in [-0.2, -0.15) is 0 Å². The summed E-state index contributed by atoms with van der Waals surface area (Å²) in [5.41, 5.74) is 1.81. The molecule has 1 aromatic rings. The maximum Gasteiger partial charge on any atom is 0.488 e. The van der Waals surface area contributed by atoms with Gasteiger partial charge in [0.25, 0.3) is 0 Å². The first kappa shape index (κ1) is 11.7. The fourth-order valence-corrected chi connectivity index (χ4v) is 2.83. The molecule has 2 nitrogen and oxygen atoms in total. The van der Waals surface area contributed by atoms with E-state index < -0.39 is 7.12 Å². The van der Waals surface area contributed by atoms with Gasteiger partial charge in [0.1, 0.15) is 0 Å². The Morgan fingerprint density at radius 2 is 1.94 bits per heavy atom. The molecule has 0 aromatic heterocycles. The molecule has 0 bridgehead atoms. The predicted octanol–water partition coefficient (Wildman–Crippen LogP) is 1.66. The van der Waals surface area contributed by atoms with E-state index in [0.29, 0.717) is 11.4 Å². The van der Waals surface area contributed by atoms with Gasteiger partial charge in [-0.1, -0.05) is 44.0 Å². The number of hydrogen-bond donors (Lipinski definition) is 2. The Kier molecular flexibility index (Phi) is 3.67. The van der Waals surface area contributed by atoms with Crippen molar-refractivity contribution in [3.05, 3.63) is 29.8 Å². The van der Waals surface area contributed by atoms with Gasteiger partial charge in [0.2, 0.25) is 0 Å². The Labute approximate surface area is 97.5 Å². The zero-order valence-corrected chi connectivity index (χ0v) is 9.76. The Hall–Kier alpha value is -0.795. The topological polar surface area (TPSA) is 40.5 Å². The Morgan fingerprint density at radius 1 is 1.19 bits per heavy atom. The van der Waals surface area contributed by atoms with Crippen molar-refractivity contribution in [1.29, 1.82) is 0 Å². The van der Waals surface area contributed by atoms with Crippen LogP contribution in [0.15, 0.2) is 24.3 Å². The van der Waals surface area contributed by atoms with Crippen LogP contribution in [0.25, 0.3) is 0 Å². The molecule has 0 spiro atoms. The minimum absolute atomic E-state index is 0.502. The summed E-state index contributed by atoms with van der Waals surface area (Å²) in [6.07, 6.45) is 4.90. The lowest BCUT2D eigenvalue weighted by Crippen LogP contribution is -2.34. The summed E-state index contributed by atoms with van der Waals surface area (Å²) in [6.45, 7) is 2.28. The molecule has 0 aliphatic heterocycles. The van der Waals surface area contributed by atoms with Crippen LogP contribution in [0.5, 0.6) is 0 Å². The van der Waals surface area contributed by atoms with Gasteiger partial charge >= 0.3 is 7.12 Å². The molecule has 1 saturated carbocycles. The highest BCUT2D eigenvalue weighted by Gasteiger charge is 2.25. The third-order valence-electron chi connectivity index (χ3n) is 3.65. The van der Waals surface area contributed by atoms with Crippen LogP contribution < -0.4 is 5.46 Å². The lowest BCUT2D eigenvalue weighted by Gasteiger charge is -2.28. The van der Waals surface area contributed by atoms with E-state index in [1.807, 2.05) is 24.3 Å². The summed E-state index contributed by atoms with van der Waals surface area (Å²) >= 11 is 0. The maximum absolute atomic E-state index is 9.36. The molecule has 2 rings (SSSR count). The third kappa shape index (κ3) is 2.47. The Morgan fingerprint density at radius 3 is 2.62 bits per heavy atom. The predicted molar refractivity (Wildman–Crippen MR) is 66.6 cm³/mol. The van der Waals surface area contributed by atoms with Crippen LogP contribution in [0.2, 0.25) is 0 Å². The maximum atomic E-state index is 9.36. The fourth-order valence-electron chi connectivity index (χ4n) is 2.83. The Balaban J connectivity index is 2.25. The van der Waals surface area contributed by atoms with Crippen molar-refractivity contribution in [2.24, 2.45) is 5.92 Å². The van der Waals surface area contributed by atoms with Gasteiger partial charge in [0.05, 0.1) is 0 Å². The van der Waals surface area contributed by atoms with Gasteiger partial charge in [-0.15, -0.1) is 0 Å². The first-order valence-corrected chi connectivity index (χ1v) is 6.13. The monoisotopic (exact) mass is 218 g/mol. The average molecular weight is 218 g/mol. The van der Waals surface area contributed by atoms with Crippen molar-refractivity contribution in [2.45, 2.75) is 38.5 Å². The molecule has 1 aromatic carbocycles. The largest absolute Gasteiger partial charge is 0.488 e. The Bertz CT molecular complexity index is 352. The molecule has 1 aliphatic carbocycles. The third-order valence-corrected chi connectivity index (χ3v) is 3.65. The SMILES string of the molecule is C[C@@H]1CCC[C@@H](c2ccccc2B(O)O)C1. The van der Waals surface area contributed by atoms with E-state index in [9.17, 15) is 10.0 Å². The quantitative estimate of drug-likeness (QED) is 0.741. The van der Waals surface area contributed by atoms with E-state index in [2.05, 4.69) is 6.92 Å². The van der Waals surface area contributed by atoms with E-state index in [-0.39, 0.29) is 0 Å². The van der Waals surface area contributed by atoms with Crippen molar-refractivity contribution in [3.8, 4) is 0 Å². The second-order valence-corrected chi connectivity index (χ2v) is 4.97. The van der Waals surface area contributed by atoms with E-state index in [4.69, 9.17) is 0 Å². The molecule has 2 N–H and O–H groups in total. The lowest BCUT2D eigenvalue weighted by atomic mass is 9.70. The smallest absolute Gasteiger partial charge is 0.423 e. The number of rotatable bonds is 2.